The minimum atomic E-state index is 0.0225. The second-order valence-corrected chi connectivity index (χ2v) is 5.87. The molecule has 1 aromatic carbocycles. The summed E-state index contributed by atoms with van der Waals surface area (Å²) in [6.07, 6.45) is 1.15. The van der Waals surface area contributed by atoms with E-state index in [0.717, 1.165) is 55.4 Å². The first kappa shape index (κ1) is 18.3. The quantitative estimate of drug-likeness (QED) is 0.750. The molecule has 21 heavy (non-hydrogen) atoms. The van der Waals surface area contributed by atoms with Crippen molar-refractivity contribution in [3.05, 3.63) is 28.8 Å². The molecule has 0 heterocycles. The van der Waals surface area contributed by atoms with Crippen LogP contribution in [0, 0.1) is 0 Å². The zero-order valence-electron chi connectivity index (χ0n) is 13.9. The number of nitrogens with zero attached hydrogens (tertiary/aromatic N) is 2. The second kappa shape index (κ2) is 9.29. The maximum absolute atomic E-state index is 6.44. The Morgan fingerprint density at radius 1 is 1.10 bits per heavy atom. The third-order valence-corrected chi connectivity index (χ3v) is 4.32. The number of benzene rings is 1. The van der Waals surface area contributed by atoms with E-state index >= 15 is 0 Å². The lowest BCUT2D eigenvalue weighted by Crippen LogP contribution is -2.30. The van der Waals surface area contributed by atoms with Gasteiger partial charge in [-0.1, -0.05) is 31.5 Å². The van der Waals surface area contributed by atoms with Gasteiger partial charge in [0, 0.05) is 19.1 Å². The highest BCUT2D eigenvalue weighted by Gasteiger charge is 2.11. The summed E-state index contributed by atoms with van der Waals surface area (Å²) in [6, 6.07) is 6.20. The van der Waals surface area contributed by atoms with Crippen LogP contribution in [0.1, 0.15) is 45.7 Å². The molecule has 0 saturated heterocycles. The van der Waals surface area contributed by atoms with Crippen LogP contribution in [-0.2, 0) is 0 Å². The van der Waals surface area contributed by atoms with Gasteiger partial charge in [-0.15, -0.1) is 0 Å². The van der Waals surface area contributed by atoms with Crippen molar-refractivity contribution in [3.8, 4) is 0 Å². The molecule has 0 aromatic heterocycles. The minimum Gasteiger partial charge on any atom is -0.371 e. The molecule has 0 spiro atoms. The summed E-state index contributed by atoms with van der Waals surface area (Å²) in [5.74, 6) is 0. The van der Waals surface area contributed by atoms with Crippen LogP contribution in [0.5, 0.6) is 0 Å². The van der Waals surface area contributed by atoms with Crippen LogP contribution < -0.4 is 10.6 Å². The molecule has 120 valence electrons. The summed E-state index contributed by atoms with van der Waals surface area (Å²) >= 11 is 6.44. The molecule has 0 unspecified atom stereocenters. The molecule has 2 N–H and O–H groups in total. The predicted molar refractivity (Wildman–Crippen MR) is 94.3 cm³/mol. The predicted octanol–water partition coefficient (Wildman–Crippen LogP) is 3.92. The number of anilines is 1. The smallest absolute Gasteiger partial charge is 0.0642 e. The molecule has 4 heteroatoms. The molecule has 0 amide bonds. The number of nitrogens with two attached hydrogens (primary N) is 1. The molecular formula is C17H30ClN3. The van der Waals surface area contributed by atoms with Gasteiger partial charge in [-0.25, -0.2) is 0 Å². The van der Waals surface area contributed by atoms with Gasteiger partial charge in [0.05, 0.1) is 10.7 Å². The van der Waals surface area contributed by atoms with Gasteiger partial charge in [0.25, 0.3) is 0 Å². The first-order chi connectivity index (χ1) is 10.0. The molecular weight excluding hydrogens is 282 g/mol. The van der Waals surface area contributed by atoms with Gasteiger partial charge in [0.15, 0.2) is 0 Å². The first-order valence-corrected chi connectivity index (χ1v) is 8.43. The van der Waals surface area contributed by atoms with Gasteiger partial charge < -0.3 is 15.5 Å². The monoisotopic (exact) mass is 311 g/mol. The molecule has 0 fully saturated rings. The van der Waals surface area contributed by atoms with Crippen molar-refractivity contribution in [2.24, 2.45) is 5.73 Å². The Morgan fingerprint density at radius 2 is 1.76 bits per heavy atom. The van der Waals surface area contributed by atoms with Gasteiger partial charge in [-0.3, -0.25) is 0 Å². The Labute approximate surface area is 135 Å². The van der Waals surface area contributed by atoms with Gasteiger partial charge in [-0.2, -0.15) is 0 Å². The zero-order valence-corrected chi connectivity index (χ0v) is 14.7. The topological polar surface area (TPSA) is 32.5 Å². The van der Waals surface area contributed by atoms with E-state index in [1.165, 1.54) is 0 Å². The van der Waals surface area contributed by atoms with Crippen LogP contribution in [0.25, 0.3) is 0 Å². The van der Waals surface area contributed by atoms with Crippen molar-refractivity contribution in [2.45, 2.75) is 40.2 Å². The Balaban J connectivity index is 2.67. The maximum atomic E-state index is 6.44. The lowest BCUT2D eigenvalue weighted by atomic mass is 10.1. The van der Waals surface area contributed by atoms with Crippen LogP contribution in [0.2, 0.25) is 5.02 Å². The van der Waals surface area contributed by atoms with Crippen LogP contribution in [0.3, 0.4) is 0 Å². The third-order valence-electron chi connectivity index (χ3n) is 4.02. The highest BCUT2D eigenvalue weighted by Crippen LogP contribution is 2.28. The Bertz CT molecular complexity index is 416. The second-order valence-electron chi connectivity index (χ2n) is 5.46. The number of rotatable bonds is 9. The molecule has 1 aromatic rings. The van der Waals surface area contributed by atoms with Crippen LogP contribution in [0.15, 0.2) is 18.2 Å². The van der Waals surface area contributed by atoms with Crippen molar-refractivity contribution in [1.29, 1.82) is 0 Å². The summed E-state index contributed by atoms with van der Waals surface area (Å²) in [6.45, 7) is 14.0. The van der Waals surface area contributed by atoms with E-state index < -0.39 is 0 Å². The molecule has 0 aliphatic rings. The lowest BCUT2D eigenvalue weighted by Gasteiger charge is -2.26. The lowest BCUT2D eigenvalue weighted by molar-refractivity contribution is 0.301. The fourth-order valence-corrected chi connectivity index (χ4v) is 2.85. The van der Waals surface area contributed by atoms with E-state index in [4.69, 9.17) is 17.3 Å². The van der Waals surface area contributed by atoms with Crippen molar-refractivity contribution >= 4 is 17.3 Å². The molecule has 3 nitrogen and oxygen atoms in total. The van der Waals surface area contributed by atoms with Crippen molar-refractivity contribution < 1.29 is 0 Å². The number of hydrogen-bond acceptors (Lipinski definition) is 3. The SMILES string of the molecule is CCN(CC)CCCN(CC)c1ccc([C@H](C)N)cc1Cl. The molecule has 0 saturated carbocycles. The first-order valence-electron chi connectivity index (χ1n) is 8.05. The number of hydrogen-bond donors (Lipinski definition) is 1. The summed E-state index contributed by atoms with van der Waals surface area (Å²) in [4.78, 5) is 4.80. The molecule has 0 bridgehead atoms. The molecule has 1 atom stereocenters. The third kappa shape index (κ3) is 5.50. The molecule has 1 rings (SSSR count). The van der Waals surface area contributed by atoms with Crippen LogP contribution in [0.4, 0.5) is 5.69 Å². The van der Waals surface area contributed by atoms with Gasteiger partial charge >= 0.3 is 0 Å². The molecule has 0 aliphatic carbocycles. The highest BCUT2D eigenvalue weighted by molar-refractivity contribution is 6.33. The van der Waals surface area contributed by atoms with E-state index in [0.29, 0.717) is 0 Å². The Hall–Kier alpha value is -0.770. The fraction of sp³-hybridized carbons (Fsp3) is 0.647. The summed E-state index contributed by atoms with van der Waals surface area (Å²) < 4.78 is 0. The molecule has 0 aliphatic heterocycles. The standard InChI is InChI=1S/C17H30ClN3/c1-5-20(6-2)11-8-12-21(7-3)17-10-9-15(14(4)19)13-16(17)18/h9-10,13-14H,5-8,11-12,19H2,1-4H3/t14-/m0/s1. The Morgan fingerprint density at radius 3 is 2.24 bits per heavy atom. The summed E-state index contributed by atoms with van der Waals surface area (Å²) in [5, 5.41) is 0.800. The van der Waals surface area contributed by atoms with Crippen LogP contribution >= 0.6 is 11.6 Å². The van der Waals surface area contributed by atoms with E-state index in [1.54, 1.807) is 0 Å². The maximum Gasteiger partial charge on any atom is 0.0642 e. The average Bonchev–Trinajstić information content (AvgIpc) is 2.48. The minimum absolute atomic E-state index is 0.0225. The van der Waals surface area contributed by atoms with Gasteiger partial charge in [0.1, 0.15) is 0 Å². The average molecular weight is 312 g/mol. The normalized spacial score (nSPS) is 12.7. The van der Waals surface area contributed by atoms with Crippen molar-refractivity contribution in [3.63, 3.8) is 0 Å². The molecule has 0 radical (unpaired) electrons. The van der Waals surface area contributed by atoms with E-state index in [1.807, 2.05) is 13.0 Å². The fourth-order valence-electron chi connectivity index (χ4n) is 2.54. The zero-order chi connectivity index (χ0) is 15.8. The van der Waals surface area contributed by atoms with Crippen molar-refractivity contribution in [2.75, 3.05) is 37.6 Å². The van der Waals surface area contributed by atoms with E-state index in [9.17, 15) is 0 Å². The summed E-state index contributed by atoms with van der Waals surface area (Å²) in [5.41, 5.74) is 8.11. The highest BCUT2D eigenvalue weighted by atomic mass is 35.5. The largest absolute Gasteiger partial charge is 0.371 e. The van der Waals surface area contributed by atoms with E-state index in [2.05, 4.69) is 42.7 Å². The van der Waals surface area contributed by atoms with E-state index in [-0.39, 0.29) is 6.04 Å². The van der Waals surface area contributed by atoms with Crippen LogP contribution in [-0.4, -0.2) is 37.6 Å². The van der Waals surface area contributed by atoms with Gasteiger partial charge in [-0.05, 0) is 57.6 Å². The summed E-state index contributed by atoms with van der Waals surface area (Å²) in [7, 11) is 0. The van der Waals surface area contributed by atoms with Gasteiger partial charge in [0.2, 0.25) is 0 Å². The van der Waals surface area contributed by atoms with Crippen molar-refractivity contribution in [1.82, 2.24) is 4.90 Å². The number of halogens is 1. The Kier molecular flexibility index (Phi) is 8.09.